The molecule has 0 amide bonds. The number of piperidine rings is 1. The summed E-state index contributed by atoms with van der Waals surface area (Å²) in [5.41, 5.74) is 3.77. The minimum Gasteiger partial charge on any atom is -0.372 e. The largest absolute Gasteiger partial charge is 0.372 e. The summed E-state index contributed by atoms with van der Waals surface area (Å²) in [6.45, 7) is 8.67. The number of hydrogen-bond donors (Lipinski definition) is 0. The Morgan fingerprint density at radius 2 is 1.67 bits per heavy atom. The Labute approximate surface area is 92.4 Å². The first kappa shape index (κ1) is 10.3. The predicted molar refractivity (Wildman–Crippen MR) is 65.6 cm³/mol. The van der Waals surface area contributed by atoms with Gasteiger partial charge in [0.25, 0.3) is 0 Å². The lowest BCUT2D eigenvalue weighted by Gasteiger charge is -2.30. The van der Waals surface area contributed by atoms with Crippen LogP contribution in [0.1, 0.15) is 30.4 Å². The minimum atomic E-state index is 1.17. The average Bonchev–Trinajstić information content (AvgIpc) is 2.30. The van der Waals surface area contributed by atoms with Crippen LogP contribution < -0.4 is 0 Å². The first-order valence-corrected chi connectivity index (χ1v) is 5.78. The van der Waals surface area contributed by atoms with Gasteiger partial charge in [-0.05, 0) is 31.7 Å². The smallest absolute Gasteiger partial charge is 0.0366 e. The number of aryl methyl sites for hydroxylation is 1. The van der Waals surface area contributed by atoms with E-state index in [0.29, 0.717) is 0 Å². The normalized spacial score (nSPS) is 16.5. The van der Waals surface area contributed by atoms with E-state index in [2.05, 4.69) is 42.7 Å². The molecule has 0 aromatic heterocycles. The van der Waals surface area contributed by atoms with Gasteiger partial charge in [-0.25, -0.2) is 0 Å². The zero-order valence-corrected chi connectivity index (χ0v) is 9.50. The third-order valence-electron chi connectivity index (χ3n) is 3.12. The summed E-state index contributed by atoms with van der Waals surface area (Å²) in [7, 11) is 0. The van der Waals surface area contributed by atoms with E-state index in [1.165, 1.54) is 49.2 Å². The maximum Gasteiger partial charge on any atom is 0.0366 e. The molecule has 15 heavy (non-hydrogen) atoms. The van der Waals surface area contributed by atoms with Crippen molar-refractivity contribution in [1.82, 2.24) is 4.90 Å². The van der Waals surface area contributed by atoms with E-state index >= 15 is 0 Å². The van der Waals surface area contributed by atoms with Crippen LogP contribution in [0.5, 0.6) is 0 Å². The molecular formula is C14H19N. The van der Waals surface area contributed by atoms with Crippen molar-refractivity contribution in [1.29, 1.82) is 0 Å². The Kier molecular flexibility index (Phi) is 3.10. The Bertz CT molecular complexity index is 331. The molecule has 0 spiro atoms. The summed E-state index contributed by atoms with van der Waals surface area (Å²) in [4.78, 5) is 2.41. The van der Waals surface area contributed by atoms with Gasteiger partial charge in [0.1, 0.15) is 0 Å². The van der Waals surface area contributed by atoms with Gasteiger partial charge in [0.05, 0.1) is 0 Å². The summed E-state index contributed by atoms with van der Waals surface area (Å²) in [6.07, 6.45) is 3.99. The highest BCUT2D eigenvalue weighted by Crippen LogP contribution is 2.21. The number of likely N-dealkylation sites (tertiary alicyclic amines) is 1. The minimum absolute atomic E-state index is 1.17. The highest BCUT2D eigenvalue weighted by molar-refractivity contribution is 5.62. The van der Waals surface area contributed by atoms with Gasteiger partial charge in [0, 0.05) is 18.8 Å². The molecule has 1 nitrogen and oxygen atoms in total. The SMILES string of the molecule is C=C(c1ccc(C)cc1)N1CCCCC1. The number of benzene rings is 1. The summed E-state index contributed by atoms with van der Waals surface area (Å²) in [5.74, 6) is 0. The highest BCUT2D eigenvalue weighted by atomic mass is 15.1. The van der Waals surface area contributed by atoms with Crippen LogP contribution in [0.2, 0.25) is 0 Å². The van der Waals surface area contributed by atoms with E-state index in [1.807, 2.05) is 0 Å². The van der Waals surface area contributed by atoms with Crippen molar-refractivity contribution >= 4 is 5.70 Å². The summed E-state index contributed by atoms with van der Waals surface area (Å²) in [5, 5.41) is 0. The molecule has 2 rings (SSSR count). The van der Waals surface area contributed by atoms with Gasteiger partial charge in [-0.3, -0.25) is 0 Å². The number of nitrogens with zero attached hydrogens (tertiary/aromatic N) is 1. The maximum absolute atomic E-state index is 4.20. The summed E-state index contributed by atoms with van der Waals surface area (Å²) < 4.78 is 0. The highest BCUT2D eigenvalue weighted by Gasteiger charge is 2.12. The molecular weight excluding hydrogens is 182 g/mol. The molecule has 0 radical (unpaired) electrons. The summed E-state index contributed by atoms with van der Waals surface area (Å²) in [6, 6.07) is 8.66. The van der Waals surface area contributed by atoms with Gasteiger partial charge >= 0.3 is 0 Å². The van der Waals surface area contributed by atoms with Crippen LogP contribution in [-0.4, -0.2) is 18.0 Å². The van der Waals surface area contributed by atoms with E-state index in [-0.39, 0.29) is 0 Å². The number of rotatable bonds is 2. The Balaban J connectivity index is 2.09. The molecule has 1 heteroatoms. The first-order valence-electron chi connectivity index (χ1n) is 5.78. The lowest BCUT2D eigenvalue weighted by molar-refractivity contribution is 0.326. The van der Waals surface area contributed by atoms with Crippen molar-refractivity contribution in [3.8, 4) is 0 Å². The Morgan fingerprint density at radius 3 is 2.27 bits per heavy atom. The average molecular weight is 201 g/mol. The molecule has 0 bridgehead atoms. The molecule has 0 unspecified atom stereocenters. The molecule has 1 fully saturated rings. The van der Waals surface area contributed by atoms with Gasteiger partial charge in [-0.1, -0.05) is 36.4 Å². The van der Waals surface area contributed by atoms with Crippen LogP contribution in [-0.2, 0) is 0 Å². The van der Waals surface area contributed by atoms with E-state index < -0.39 is 0 Å². The third kappa shape index (κ3) is 2.41. The monoisotopic (exact) mass is 201 g/mol. The Morgan fingerprint density at radius 1 is 1.07 bits per heavy atom. The zero-order valence-electron chi connectivity index (χ0n) is 9.50. The van der Waals surface area contributed by atoms with Gasteiger partial charge in [-0.15, -0.1) is 0 Å². The molecule has 1 aliphatic heterocycles. The van der Waals surface area contributed by atoms with E-state index in [9.17, 15) is 0 Å². The quantitative estimate of drug-likeness (QED) is 0.708. The molecule has 80 valence electrons. The van der Waals surface area contributed by atoms with E-state index in [1.54, 1.807) is 0 Å². The molecule has 1 saturated heterocycles. The molecule has 0 aliphatic carbocycles. The lowest BCUT2D eigenvalue weighted by atomic mass is 10.1. The van der Waals surface area contributed by atoms with Crippen LogP contribution in [0.15, 0.2) is 30.8 Å². The van der Waals surface area contributed by atoms with Gasteiger partial charge < -0.3 is 4.90 Å². The third-order valence-corrected chi connectivity index (χ3v) is 3.12. The van der Waals surface area contributed by atoms with Crippen molar-refractivity contribution in [3.63, 3.8) is 0 Å². The van der Waals surface area contributed by atoms with Crippen LogP contribution in [0.25, 0.3) is 5.70 Å². The second kappa shape index (κ2) is 4.52. The standard InChI is InChI=1S/C14H19N/c1-12-6-8-14(9-7-12)13(2)15-10-4-3-5-11-15/h6-9H,2-5,10-11H2,1H3. The Hall–Kier alpha value is -1.24. The molecule has 0 saturated carbocycles. The van der Waals surface area contributed by atoms with Crippen molar-refractivity contribution in [2.24, 2.45) is 0 Å². The fourth-order valence-electron chi connectivity index (χ4n) is 2.09. The number of hydrogen-bond acceptors (Lipinski definition) is 1. The predicted octanol–water partition coefficient (Wildman–Crippen LogP) is 3.45. The second-order valence-electron chi connectivity index (χ2n) is 4.36. The van der Waals surface area contributed by atoms with Crippen LogP contribution >= 0.6 is 0 Å². The van der Waals surface area contributed by atoms with Crippen LogP contribution in [0, 0.1) is 6.92 Å². The molecule has 0 atom stereocenters. The summed E-state index contributed by atoms with van der Waals surface area (Å²) >= 11 is 0. The molecule has 1 aromatic rings. The zero-order chi connectivity index (χ0) is 10.7. The van der Waals surface area contributed by atoms with Gasteiger partial charge in [0.2, 0.25) is 0 Å². The van der Waals surface area contributed by atoms with Gasteiger partial charge in [0.15, 0.2) is 0 Å². The van der Waals surface area contributed by atoms with Crippen molar-refractivity contribution in [3.05, 3.63) is 42.0 Å². The van der Waals surface area contributed by atoms with Crippen LogP contribution in [0.3, 0.4) is 0 Å². The van der Waals surface area contributed by atoms with Crippen molar-refractivity contribution < 1.29 is 0 Å². The fourth-order valence-corrected chi connectivity index (χ4v) is 2.09. The van der Waals surface area contributed by atoms with E-state index in [4.69, 9.17) is 0 Å². The maximum atomic E-state index is 4.20. The van der Waals surface area contributed by atoms with Crippen LogP contribution in [0.4, 0.5) is 0 Å². The van der Waals surface area contributed by atoms with Crippen molar-refractivity contribution in [2.75, 3.05) is 13.1 Å². The van der Waals surface area contributed by atoms with E-state index in [0.717, 1.165) is 0 Å². The second-order valence-corrected chi connectivity index (χ2v) is 4.36. The molecule has 1 heterocycles. The lowest BCUT2D eigenvalue weighted by Crippen LogP contribution is -2.27. The molecule has 1 aromatic carbocycles. The molecule has 0 N–H and O–H groups in total. The topological polar surface area (TPSA) is 3.24 Å². The van der Waals surface area contributed by atoms with Crippen molar-refractivity contribution in [2.45, 2.75) is 26.2 Å². The van der Waals surface area contributed by atoms with Gasteiger partial charge in [-0.2, -0.15) is 0 Å². The fraction of sp³-hybridized carbons (Fsp3) is 0.429. The first-order chi connectivity index (χ1) is 7.27. The molecule has 1 aliphatic rings.